The molecule has 0 aliphatic heterocycles. The molecular formula is C29H34N4O5. The first kappa shape index (κ1) is 26.9. The van der Waals surface area contributed by atoms with Gasteiger partial charge < -0.3 is 19.5 Å². The third-order valence-electron chi connectivity index (χ3n) is 6.77. The van der Waals surface area contributed by atoms with Crippen LogP contribution in [0.5, 0.6) is 17.2 Å². The van der Waals surface area contributed by atoms with Crippen molar-refractivity contribution in [2.45, 2.75) is 51.1 Å². The lowest BCUT2D eigenvalue weighted by atomic mass is 9.94. The normalized spacial score (nSPS) is 14.3. The predicted molar refractivity (Wildman–Crippen MR) is 144 cm³/mol. The van der Waals surface area contributed by atoms with Gasteiger partial charge in [0.2, 0.25) is 11.7 Å². The highest BCUT2D eigenvalue weighted by molar-refractivity contribution is 6.09. The molecule has 0 saturated heterocycles. The van der Waals surface area contributed by atoms with E-state index in [9.17, 15) is 9.59 Å². The minimum atomic E-state index is -1.05. The lowest BCUT2D eigenvalue weighted by Gasteiger charge is -2.33. The number of nitrogens with zero attached hydrogens (tertiary/aromatic N) is 3. The van der Waals surface area contributed by atoms with E-state index in [2.05, 4.69) is 15.3 Å². The molecule has 4 rings (SSSR count). The van der Waals surface area contributed by atoms with Gasteiger partial charge in [-0.2, -0.15) is 0 Å². The van der Waals surface area contributed by atoms with Crippen molar-refractivity contribution < 1.29 is 23.8 Å². The molecule has 0 radical (unpaired) electrons. The Bertz CT molecular complexity index is 1220. The number of hydrogen-bond acceptors (Lipinski definition) is 7. The van der Waals surface area contributed by atoms with E-state index < -0.39 is 11.9 Å². The van der Waals surface area contributed by atoms with Crippen LogP contribution < -0.4 is 24.4 Å². The van der Waals surface area contributed by atoms with E-state index in [1.54, 1.807) is 12.1 Å². The molecule has 38 heavy (non-hydrogen) atoms. The number of amides is 2. The van der Waals surface area contributed by atoms with Crippen LogP contribution in [0.1, 0.15) is 59.8 Å². The van der Waals surface area contributed by atoms with Crippen LogP contribution in [-0.2, 0) is 4.79 Å². The number of aryl methyl sites for hydroxylation is 1. The van der Waals surface area contributed by atoms with Crippen molar-refractivity contribution in [3.05, 3.63) is 71.8 Å². The van der Waals surface area contributed by atoms with Crippen LogP contribution in [0, 0.1) is 6.92 Å². The number of benzene rings is 2. The number of nitrogens with one attached hydrogen (secondary N) is 1. The third kappa shape index (κ3) is 5.88. The van der Waals surface area contributed by atoms with Gasteiger partial charge in [-0.25, -0.2) is 4.98 Å². The van der Waals surface area contributed by atoms with Gasteiger partial charge in [0, 0.05) is 24.1 Å². The van der Waals surface area contributed by atoms with Gasteiger partial charge in [0.25, 0.3) is 5.91 Å². The standard InChI is InChI=1S/C29H34N4O5/c1-19-10-12-22(13-11-19)33(29(35)23-18-30-14-15-31-23)26(28(34)32-21-8-6-5-7-9-21)20-16-24(36-2)27(38-4)25(17-20)37-3/h10-18,21,26H,5-9H2,1-4H3,(H,32,34)/t26-/m0/s1. The Labute approximate surface area is 223 Å². The zero-order valence-corrected chi connectivity index (χ0v) is 22.3. The van der Waals surface area contributed by atoms with Crippen LogP contribution in [-0.4, -0.2) is 49.2 Å². The highest BCUT2D eigenvalue weighted by Gasteiger charge is 2.36. The minimum Gasteiger partial charge on any atom is -0.493 e. The van der Waals surface area contributed by atoms with Crippen LogP contribution in [0.4, 0.5) is 5.69 Å². The summed E-state index contributed by atoms with van der Waals surface area (Å²) in [6.07, 6.45) is 9.42. The van der Waals surface area contributed by atoms with E-state index in [0.29, 0.717) is 28.5 Å². The van der Waals surface area contributed by atoms with Gasteiger partial charge in [-0.05, 0) is 49.6 Å². The molecule has 200 valence electrons. The first-order valence-electron chi connectivity index (χ1n) is 12.7. The summed E-state index contributed by atoms with van der Waals surface area (Å²) < 4.78 is 16.7. The Kier molecular flexibility index (Phi) is 8.78. The topological polar surface area (TPSA) is 103 Å². The molecule has 0 bridgehead atoms. The molecule has 2 amide bonds. The van der Waals surface area contributed by atoms with Gasteiger partial charge in [-0.3, -0.25) is 19.5 Å². The zero-order chi connectivity index (χ0) is 27.1. The number of methoxy groups -OCH3 is 3. The maximum Gasteiger partial charge on any atom is 0.279 e. The first-order valence-corrected chi connectivity index (χ1v) is 12.7. The molecule has 9 nitrogen and oxygen atoms in total. The summed E-state index contributed by atoms with van der Waals surface area (Å²) in [4.78, 5) is 37.9. The molecular weight excluding hydrogens is 484 g/mol. The number of carbonyl (C=O) groups excluding carboxylic acids is 2. The molecule has 3 aromatic rings. The fourth-order valence-electron chi connectivity index (χ4n) is 4.83. The third-order valence-corrected chi connectivity index (χ3v) is 6.77. The molecule has 2 aromatic carbocycles. The van der Waals surface area contributed by atoms with Gasteiger partial charge in [-0.15, -0.1) is 0 Å². The average Bonchev–Trinajstić information content (AvgIpc) is 2.96. The van der Waals surface area contributed by atoms with Crippen LogP contribution in [0.25, 0.3) is 0 Å². The van der Waals surface area contributed by atoms with Crippen molar-refractivity contribution in [1.29, 1.82) is 0 Å². The molecule has 1 fully saturated rings. The molecule has 0 spiro atoms. The average molecular weight is 519 g/mol. The fraction of sp³-hybridized carbons (Fsp3) is 0.379. The number of hydrogen-bond donors (Lipinski definition) is 1. The number of rotatable bonds is 9. The largest absolute Gasteiger partial charge is 0.493 e. The Morgan fingerprint density at radius 3 is 2.16 bits per heavy atom. The Hall–Kier alpha value is -4.14. The summed E-state index contributed by atoms with van der Waals surface area (Å²) in [5.41, 5.74) is 2.20. The van der Waals surface area contributed by atoms with E-state index in [0.717, 1.165) is 37.7 Å². The Morgan fingerprint density at radius 2 is 1.61 bits per heavy atom. The summed E-state index contributed by atoms with van der Waals surface area (Å²) in [5, 5.41) is 3.21. The summed E-state index contributed by atoms with van der Waals surface area (Å²) in [6, 6.07) is 9.84. The van der Waals surface area contributed by atoms with E-state index in [-0.39, 0.29) is 17.6 Å². The SMILES string of the molecule is COc1cc([C@@H](C(=O)NC2CCCCC2)N(C(=O)c2cnccn2)c2ccc(C)cc2)cc(OC)c1OC. The van der Waals surface area contributed by atoms with Crippen molar-refractivity contribution in [3.8, 4) is 17.2 Å². The van der Waals surface area contributed by atoms with Crippen molar-refractivity contribution in [3.63, 3.8) is 0 Å². The van der Waals surface area contributed by atoms with Crippen LogP contribution in [0.15, 0.2) is 55.0 Å². The maximum atomic E-state index is 14.1. The number of carbonyl (C=O) groups is 2. The van der Waals surface area contributed by atoms with Crippen LogP contribution in [0.3, 0.4) is 0 Å². The predicted octanol–water partition coefficient (Wildman–Crippen LogP) is 4.65. The lowest BCUT2D eigenvalue weighted by Crippen LogP contribution is -2.47. The molecule has 1 N–H and O–H groups in total. The molecule has 1 heterocycles. The van der Waals surface area contributed by atoms with Gasteiger partial charge in [0.15, 0.2) is 11.5 Å². The number of anilines is 1. The molecule has 1 aliphatic carbocycles. The van der Waals surface area contributed by atoms with Gasteiger partial charge >= 0.3 is 0 Å². The number of aromatic nitrogens is 2. The molecule has 0 unspecified atom stereocenters. The molecule has 1 aromatic heterocycles. The Morgan fingerprint density at radius 1 is 0.947 bits per heavy atom. The highest BCUT2D eigenvalue weighted by Crippen LogP contribution is 2.42. The zero-order valence-electron chi connectivity index (χ0n) is 22.3. The van der Waals surface area contributed by atoms with E-state index in [4.69, 9.17) is 14.2 Å². The summed E-state index contributed by atoms with van der Waals surface area (Å²) in [7, 11) is 4.55. The van der Waals surface area contributed by atoms with E-state index in [1.807, 2.05) is 31.2 Å². The quantitative estimate of drug-likeness (QED) is 0.440. The summed E-state index contributed by atoms with van der Waals surface area (Å²) in [5.74, 6) is 0.400. The molecule has 9 heteroatoms. The summed E-state index contributed by atoms with van der Waals surface area (Å²) >= 11 is 0. The van der Waals surface area contributed by atoms with Crippen molar-refractivity contribution in [2.24, 2.45) is 0 Å². The van der Waals surface area contributed by atoms with E-state index in [1.165, 1.54) is 44.8 Å². The van der Waals surface area contributed by atoms with Crippen molar-refractivity contribution >= 4 is 17.5 Å². The maximum absolute atomic E-state index is 14.1. The van der Waals surface area contributed by atoms with Crippen molar-refractivity contribution in [2.75, 3.05) is 26.2 Å². The molecule has 1 saturated carbocycles. The molecule has 1 aliphatic rings. The smallest absolute Gasteiger partial charge is 0.279 e. The van der Waals surface area contributed by atoms with Gasteiger partial charge in [0.1, 0.15) is 11.7 Å². The second-order valence-corrected chi connectivity index (χ2v) is 9.31. The van der Waals surface area contributed by atoms with Crippen molar-refractivity contribution in [1.82, 2.24) is 15.3 Å². The van der Waals surface area contributed by atoms with Crippen LogP contribution in [0.2, 0.25) is 0 Å². The van der Waals surface area contributed by atoms with E-state index >= 15 is 0 Å². The first-order chi connectivity index (χ1) is 18.5. The fourth-order valence-corrected chi connectivity index (χ4v) is 4.83. The second kappa shape index (κ2) is 12.4. The molecule has 1 atom stereocenters. The second-order valence-electron chi connectivity index (χ2n) is 9.31. The summed E-state index contributed by atoms with van der Waals surface area (Å²) in [6.45, 7) is 1.96. The monoisotopic (exact) mass is 518 g/mol. The van der Waals surface area contributed by atoms with Gasteiger partial charge in [0.05, 0.1) is 27.5 Å². The highest BCUT2D eigenvalue weighted by atomic mass is 16.5. The van der Waals surface area contributed by atoms with Crippen LogP contribution >= 0.6 is 0 Å². The lowest BCUT2D eigenvalue weighted by molar-refractivity contribution is -0.123. The Balaban J connectivity index is 1.89. The minimum absolute atomic E-state index is 0.0345. The number of ether oxygens (including phenoxy) is 3. The van der Waals surface area contributed by atoms with Gasteiger partial charge in [-0.1, -0.05) is 37.0 Å².